The van der Waals surface area contributed by atoms with E-state index in [1.165, 1.54) is 0 Å². The lowest BCUT2D eigenvalue weighted by atomic mass is 9.96. The van der Waals surface area contributed by atoms with E-state index in [4.69, 9.17) is 16.2 Å². The first kappa shape index (κ1) is 15.0. The molecule has 0 aromatic heterocycles. The van der Waals surface area contributed by atoms with Gasteiger partial charge in [0.2, 0.25) is 5.91 Å². The Bertz CT molecular complexity index is 431. The zero-order valence-corrected chi connectivity index (χ0v) is 12.3. The lowest BCUT2D eigenvalue weighted by molar-refractivity contribution is 0.1000. The van der Waals surface area contributed by atoms with E-state index in [1.807, 2.05) is 13.8 Å². The molecule has 0 bridgehead atoms. The molecule has 100 valence electrons. The number of hydrogen-bond donors (Lipinski definition) is 2. The van der Waals surface area contributed by atoms with Gasteiger partial charge in [0, 0.05) is 11.1 Å². The maximum absolute atomic E-state index is 11.0. The molecule has 1 aromatic rings. The molecule has 0 saturated heterocycles. The van der Waals surface area contributed by atoms with Crippen molar-refractivity contribution in [1.29, 1.82) is 0 Å². The van der Waals surface area contributed by atoms with Crippen molar-refractivity contribution in [2.45, 2.75) is 32.2 Å². The molecule has 0 fully saturated rings. The molecule has 0 saturated carbocycles. The van der Waals surface area contributed by atoms with Gasteiger partial charge in [-0.25, -0.2) is 0 Å². The summed E-state index contributed by atoms with van der Waals surface area (Å²) in [5, 5.41) is 0. The summed E-state index contributed by atoms with van der Waals surface area (Å²) in [5.74, 6) is 0.203. The Morgan fingerprint density at radius 2 is 2.00 bits per heavy atom. The molecule has 4 N–H and O–H groups in total. The highest BCUT2D eigenvalue weighted by atomic mass is 79.9. The van der Waals surface area contributed by atoms with E-state index in [1.54, 1.807) is 18.2 Å². The van der Waals surface area contributed by atoms with Crippen molar-refractivity contribution in [2.24, 2.45) is 11.5 Å². The van der Waals surface area contributed by atoms with Crippen LogP contribution in [0.4, 0.5) is 0 Å². The fourth-order valence-corrected chi connectivity index (χ4v) is 1.94. The molecule has 0 aliphatic heterocycles. The first-order chi connectivity index (χ1) is 8.41. The topological polar surface area (TPSA) is 78.3 Å². The number of benzene rings is 1. The van der Waals surface area contributed by atoms with Crippen LogP contribution in [-0.2, 0) is 0 Å². The monoisotopic (exact) mass is 314 g/mol. The molecule has 1 rings (SSSR count). The van der Waals surface area contributed by atoms with E-state index in [2.05, 4.69) is 15.9 Å². The maximum Gasteiger partial charge on any atom is 0.248 e. The van der Waals surface area contributed by atoms with Crippen molar-refractivity contribution in [3.63, 3.8) is 0 Å². The molecule has 0 atom stereocenters. The smallest absolute Gasteiger partial charge is 0.248 e. The highest BCUT2D eigenvalue weighted by molar-refractivity contribution is 9.10. The largest absolute Gasteiger partial charge is 0.490 e. The fourth-order valence-electron chi connectivity index (χ4n) is 1.45. The predicted octanol–water partition coefficient (Wildman–Crippen LogP) is 2.44. The normalized spacial score (nSPS) is 11.3. The summed E-state index contributed by atoms with van der Waals surface area (Å²) in [6, 6.07) is 5.00. The van der Waals surface area contributed by atoms with Gasteiger partial charge < -0.3 is 16.2 Å². The standard InChI is InChI=1S/C13H19BrN2O2/c1-3-13(16,4-2)8-18-11-6-5-9(12(15)17)7-10(11)14/h5-7H,3-4,8,16H2,1-2H3,(H2,15,17). The third kappa shape index (κ3) is 3.71. The quantitative estimate of drug-likeness (QED) is 0.846. The minimum Gasteiger partial charge on any atom is -0.490 e. The summed E-state index contributed by atoms with van der Waals surface area (Å²) in [5.41, 5.74) is 11.5. The van der Waals surface area contributed by atoms with Gasteiger partial charge in [0.25, 0.3) is 0 Å². The number of hydrogen-bond acceptors (Lipinski definition) is 3. The van der Waals surface area contributed by atoms with E-state index in [0.29, 0.717) is 22.4 Å². The Morgan fingerprint density at radius 1 is 1.39 bits per heavy atom. The van der Waals surface area contributed by atoms with E-state index in [-0.39, 0.29) is 5.54 Å². The molecule has 18 heavy (non-hydrogen) atoms. The van der Waals surface area contributed by atoms with Gasteiger partial charge in [-0.2, -0.15) is 0 Å². The molecule has 1 aromatic carbocycles. The van der Waals surface area contributed by atoms with E-state index in [0.717, 1.165) is 12.8 Å². The minimum absolute atomic E-state index is 0.318. The van der Waals surface area contributed by atoms with Gasteiger partial charge in [-0.1, -0.05) is 13.8 Å². The highest BCUT2D eigenvalue weighted by Crippen LogP contribution is 2.27. The van der Waals surface area contributed by atoms with Crippen molar-refractivity contribution in [3.8, 4) is 5.75 Å². The third-order valence-electron chi connectivity index (χ3n) is 3.14. The SMILES string of the molecule is CCC(N)(CC)COc1ccc(C(N)=O)cc1Br. The minimum atomic E-state index is -0.461. The number of carbonyl (C=O) groups is 1. The molecule has 1 amide bonds. The van der Waals surface area contributed by atoms with Crippen LogP contribution in [0.25, 0.3) is 0 Å². The number of carbonyl (C=O) groups excluding carboxylic acids is 1. The Kier molecular flexibility index (Phi) is 5.16. The maximum atomic E-state index is 11.0. The Morgan fingerprint density at radius 3 is 2.44 bits per heavy atom. The molecule has 0 heterocycles. The van der Waals surface area contributed by atoms with Gasteiger partial charge in [0.1, 0.15) is 12.4 Å². The summed E-state index contributed by atoms with van der Waals surface area (Å²) in [6.07, 6.45) is 1.70. The third-order valence-corrected chi connectivity index (χ3v) is 3.76. The molecule has 5 heteroatoms. The first-order valence-corrected chi connectivity index (χ1v) is 6.72. The Hall–Kier alpha value is -1.07. The number of amides is 1. The van der Waals surface area contributed by atoms with Crippen LogP contribution in [0.3, 0.4) is 0 Å². The molecule has 0 aliphatic carbocycles. The predicted molar refractivity (Wildman–Crippen MR) is 75.7 cm³/mol. The Balaban J connectivity index is 2.77. The number of primary amides is 1. The zero-order valence-electron chi connectivity index (χ0n) is 10.7. The lowest BCUT2D eigenvalue weighted by Crippen LogP contribution is -2.44. The second-order valence-electron chi connectivity index (χ2n) is 4.37. The van der Waals surface area contributed by atoms with Gasteiger partial charge in [-0.05, 0) is 47.0 Å². The summed E-state index contributed by atoms with van der Waals surface area (Å²) in [6.45, 7) is 4.52. The average Bonchev–Trinajstić information content (AvgIpc) is 2.36. The van der Waals surface area contributed by atoms with Crippen LogP contribution in [0.5, 0.6) is 5.75 Å². The number of ether oxygens (including phenoxy) is 1. The van der Waals surface area contributed by atoms with E-state index >= 15 is 0 Å². The summed E-state index contributed by atoms with van der Waals surface area (Å²) >= 11 is 3.35. The number of nitrogens with two attached hydrogens (primary N) is 2. The number of halogens is 1. The van der Waals surface area contributed by atoms with Gasteiger partial charge >= 0.3 is 0 Å². The average molecular weight is 315 g/mol. The molecular formula is C13H19BrN2O2. The summed E-state index contributed by atoms with van der Waals surface area (Å²) in [7, 11) is 0. The molecule has 0 aliphatic rings. The molecule has 0 unspecified atom stereocenters. The Labute approximate surface area is 116 Å². The van der Waals surface area contributed by atoms with Crippen molar-refractivity contribution in [3.05, 3.63) is 28.2 Å². The van der Waals surface area contributed by atoms with Crippen molar-refractivity contribution in [1.82, 2.24) is 0 Å². The van der Waals surface area contributed by atoms with Crippen LogP contribution in [0.2, 0.25) is 0 Å². The van der Waals surface area contributed by atoms with Crippen molar-refractivity contribution < 1.29 is 9.53 Å². The van der Waals surface area contributed by atoms with Crippen LogP contribution in [-0.4, -0.2) is 18.1 Å². The zero-order chi connectivity index (χ0) is 13.8. The van der Waals surface area contributed by atoms with Gasteiger partial charge in [-0.15, -0.1) is 0 Å². The van der Waals surface area contributed by atoms with Crippen LogP contribution in [0.1, 0.15) is 37.0 Å². The van der Waals surface area contributed by atoms with Crippen LogP contribution >= 0.6 is 15.9 Å². The number of rotatable bonds is 6. The second-order valence-corrected chi connectivity index (χ2v) is 5.22. The second kappa shape index (κ2) is 6.20. The van der Waals surface area contributed by atoms with E-state index < -0.39 is 5.91 Å². The molecule has 0 radical (unpaired) electrons. The summed E-state index contributed by atoms with van der Waals surface area (Å²) < 4.78 is 6.40. The van der Waals surface area contributed by atoms with Gasteiger partial charge in [-0.3, -0.25) is 4.79 Å². The van der Waals surface area contributed by atoms with Crippen molar-refractivity contribution >= 4 is 21.8 Å². The summed E-state index contributed by atoms with van der Waals surface area (Å²) in [4.78, 5) is 11.0. The molecular weight excluding hydrogens is 296 g/mol. The van der Waals surface area contributed by atoms with E-state index in [9.17, 15) is 4.79 Å². The first-order valence-electron chi connectivity index (χ1n) is 5.93. The molecule has 4 nitrogen and oxygen atoms in total. The van der Waals surface area contributed by atoms with Gasteiger partial charge in [0.05, 0.1) is 4.47 Å². The van der Waals surface area contributed by atoms with Crippen LogP contribution in [0, 0.1) is 0 Å². The molecule has 0 spiro atoms. The lowest BCUT2D eigenvalue weighted by Gasteiger charge is -2.26. The van der Waals surface area contributed by atoms with Crippen molar-refractivity contribution in [2.75, 3.05) is 6.61 Å². The van der Waals surface area contributed by atoms with Crippen LogP contribution in [0.15, 0.2) is 22.7 Å². The highest BCUT2D eigenvalue weighted by Gasteiger charge is 2.21. The van der Waals surface area contributed by atoms with Crippen LogP contribution < -0.4 is 16.2 Å². The van der Waals surface area contributed by atoms with Gasteiger partial charge in [0.15, 0.2) is 0 Å². The fraction of sp³-hybridized carbons (Fsp3) is 0.462.